The molecule has 6 heteroatoms. The number of benzene rings is 4. The number of ether oxygens (including phenoxy) is 2. The van der Waals surface area contributed by atoms with Crippen molar-refractivity contribution in [2.24, 2.45) is 0 Å². The minimum absolute atomic E-state index is 0.0928. The highest BCUT2D eigenvalue weighted by molar-refractivity contribution is 5.94. The number of carboxylic acid groups (broad SMARTS) is 1. The van der Waals surface area contributed by atoms with E-state index in [1.807, 2.05) is 84.9 Å². The van der Waals surface area contributed by atoms with Gasteiger partial charge in [0.1, 0.15) is 24.7 Å². The van der Waals surface area contributed by atoms with Crippen molar-refractivity contribution in [1.82, 2.24) is 4.90 Å². The highest BCUT2D eigenvalue weighted by Crippen LogP contribution is 2.20. The van der Waals surface area contributed by atoms with Crippen molar-refractivity contribution in [2.75, 3.05) is 6.54 Å². The molecule has 0 bridgehead atoms. The molecule has 188 valence electrons. The highest BCUT2D eigenvalue weighted by atomic mass is 16.5. The number of carbonyl (C=O) groups is 2. The van der Waals surface area contributed by atoms with Crippen LogP contribution in [-0.4, -0.2) is 28.4 Å². The number of aliphatic carboxylic acids is 1. The Balaban J connectivity index is 1.41. The number of rotatable bonds is 12. The van der Waals surface area contributed by atoms with Crippen LogP contribution in [0.3, 0.4) is 0 Å². The summed E-state index contributed by atoms with van der Waals surface area (Å²) in [5.41, 5.74) is 3.43. The molecule has 0 unspecified atom stereocenters. The molecule has 0 fully saturated rings. The van der Waals surface area contributed by atoms with Gasteiger partial charge in [0.15, 0.2) is 0 Å². The van der Waals surface area contributed by atoms with E-state index in [9.17, 15) is 14.7 Å². The molecule has 4 aromatic carbocycles. The Labute approximate surface area is 216 Å². The smallest absolute Gasteiger partial charge is 0.305 e. The lowest BCUT2D eigenvalue weighted by atomic mass is 10.1. The molecular formula is C31H29NO5. The fourth-order valence-electron chi connectivity index (χ4n) is 3.80. The van der Waals surface area contributed by atoms with Crippen LogP contribution in [0.1, 0.15) is 33.5 Å². The van der Waals surface area contributed by atoms with Crippen LogP contribution < -0.4 is 9.47 Å². The van der Waals surface area contributed by atoms with Gasteiger partial charge in [0.05, 0.1) is 6.42 Å². The third kappa shape index (κ3) is 7.97. The molecule has 37 heavy (non-hydrogen) atoms. The molecule has 0 aromatic heterocycles. The zero-order chi connectivity index (χ0) is 25.9. The topological polar surface area (TPSA) is 76.1 Å². The average molecular weight is 496 g/mol. The Hall–Kier alpha value is -4.58. The molecule has 0 saturated heterocycles. The van der Waals surface area contributed by atoms with Gasteiger partial charge >= 0.3 is 5.97 Å². The normalized spacial score (nSPS) is 10.5. The molecule has 0 heterocycles. The first-order valence-electron chi connectivity index (χ1n) is 12.1. The lowest BCUT2D eigenvalue weighted by Gasteiger charge is -2.23. The fourth-order valence-corrected chi connectivity index (χ4v) is 3.80. The highest BCUT2D eigenvalue weighted by Gasteiger charge is 2.18. The molecule has 4 aromatic rings. The fraction of sp³-hybridized carbons (Fsp3) is 0.161. The maximum Gasteiger partial charge on any atom is 0.305 e. The van der Waals surface area contributed by atoms with Gasteiger partial charge in [-0.05, 0) is 53.1 Å². The lowest BCUT2D eigenvalue weighted by Crippen LogP contribution is -2.32. The number of nitrogens with zero attached hydrogens (tertiary/aromatic N) is 1. The second-order valence-corrected chi connectivity index (χ2v) is 8.59. The average Bonchev–Trinajstić information content (AvgIpc) is 2.94. The third-order valence-electron chi connectivity index (χ3n) is 5.75. The van der Waals surface area contributed by atoms with E-state index >= 15 is 0 Å². The maximum atomic E-state index is 13.3. The molecule has 0 radical (unpaired) electrons. The molecule has 0 aliphatic rings. The molecule has 6 nitrogen and oxygen atoms in total. The van der Waals surface area contributed by atoms with Gasteiger partial charge in [-0.3, -0.25) is 9.59 Å². The summed E-state index contributed by atoms with van der Waals surface area (Å²) in [4.78, 5) is 26.1. The SMILES string of the molecule is O=C(O)CCN(Cc1cccc(OCc2ccccc2)c1)C(=O)c1ccc(OCc2ccccc2)cc1. The number of amides is 1. The first-order valence-corrected chi connectivity index (χ1v) is 12.1. The van der Waals surface area contributed by atoms with Crippen molar-refractivity contribution in [3.8, 4) is 11.5 Å². The van der Waals surface area contributed by atoms with Crippen LogP contribution in [0, 0.1) is 0 Å². The molecule has 1 N–H and O–H groups in total. The van der Waals surface area contributed by atoms with Gasteiger partial charge in [-0.2, -0.15) is 0 Å². The van der Waals surface area contributed by atoms with Crippen LogP contribution in [0.15, 0.2) is 109 Å². The van der Waals surface area contributed by atoms with Gasteiger partial charge in [0.25, 0.3) is 5.91 Å². The minimum Gasteiger partial charge on any atom is -0.489 e. The first-order chi connectivity index (χ1) is 18.1. The van der Waals surface area contributed by atoms with Crippen molar-refractivity contribution >= 4 is 11.9 Å². The number of hydrogen-bond donors (Lipinski definition) is 1. The molecule has 0 atom stereocenters. The van der Waals surface area contributed by atoms with Crippen molar-refractivity contribution in [2.45, 2.75) is 26.2 Å². The lowest BCUT2D eigenvalue weighted by molar-refractivity contribution is -0.137. The van der Waals surface area contributed by atoms with E-state index in [1.165, 1.54) is 0 Å². The Morgan fingerprint density at radius 1 is 0.649 bits per heavy atom. The Morgan fingerprint density at radius 3 is 1.81 bits per heavy atom. The zero-order valence-electron chi connectivity index (χ0n) is 20.5. The molecule has 0 aliphatic carbocycles. The second kappa shape index (κ2) is 12.9. The second-order valence-electron chi connectivity index (χ2n) is 8.59. The van der Waals surface area contributed by atoms with Crippen molar-refractivity contribution in [3.63, 3.8) is 0 Å². The summed E-state index contributed by atoms with van der Waals surface area (Å²) in [6, 6.07) is 34.1. The number of hydrogen-bond acceptors (Lipinski definition) is 4. The van der Waals surface area contributed by atoms with Gasteiger partial charge in [0.2, 0.25) is 0 Å². The Bertz CT molecular complexity index is 1290. The van der Waals surface area contributed by atoms with Crippen LogP contribution in [0.2, 0.25) is 0 Å². The standard InChI is InChI=1S/C31H29NO5/c33-30(34)18-19-32(21-26-12-7-13-29(20-26)37-23-25-10-5-2-6-11-25)31(35)27-14-16-28(17-15-27)36-22-24-8-3-1-4-9-24/h1-17,20H,18-19,21-23H2,(H,33,34). The summed E-state index contributed by atoms with van der Waals surface area (Å²) in [5.74, 6) is 0.140. The van der Waals surface area contributed by atoms with Gasteiger partial charge in [-0.15, -0.1) is 0 Å². The Morgan fingerprint density at radius 2 is 1.22 bits per heavy atom. The van der Waals surface area contributed by atoms with E-state index in [-0.39, 0.29) is 25.4 Å². The zero-order valence-corrected chi connectivity index (χ0v) is 20.5. The molecule has 0 spiro atoms. The summed E-state index contributed by atoms with van der Waals surface area (Å²) in [6.45, 7) is 1.22. The van der Waals surface area contributed by atoms with E-state index < -0.39 is 5.97 Å². The van der Waals surface area contributed by atoms with Crippen molar-refractivity contribution in [3.05, 3.63) is 131 Å². The third-order valence-corrected chi connectivity index (χ3v) is 5.75. The van der Waals surface area contributed by atoms with Gasteiger partial charge in [-0.25, -0.2) is 0 Å². The Kier molecular flexibility index (Phi) is 8.92. The summed E-state index contributed by atoms with van der Waals surface area (Å²) in [5, 5.41) is 9.22. The molecule has 0 aliphatic heterocycles. The summed E-state index contributed by atoms with van der Waals surface area (Å²) in [7, 11) is 0. The van der Waals surface area contributed by atoms with Crippen molar-refractivity contribution < 1.29 is 24.2 Å². The molecule has 0 saturated carbocycles. The largest absolute Gasteiger partial charge is 0.489 e. The van der Waals surface area contributed by atoms with Crippen molar-refractivity contribution in [1.29, 1.82) is 0 Å². The van der Waals surface area contributed by atoms with E-state index in [0.717, 1.165) is 16.7 Å². The van der Waals surface area contributed by atoms with E-state index in [0.29, 0.717) is 30.3 Å². The predicted octanol–water partition coefficient (Wildman–Crippen LogP) is 5.96. The van der Waals surface area contributed by atoms with Crippen LogP contribution in [0.25, 0.3) is 0 Å². The van der Waals surface area contributed by atoms with E-state index in [1.54, 1.807) is 29.2 Å². The molecule has 1 amide bonds. The van der Waals surface area contributed by atoms with Crippen LogP contribution in [0.5, 0.6) is 11.5 Å². The predicted molar refractivity (Wildman–Crippen MR) is 141 cm³/mol. The maximum absolute atomic E-state index is 13.3. The summed E-state index contributed by atoms with van der Waals surface area (Å²) in [6.07, 6.45) is -0.145. The first kappa shape index (κ1) is 25.5. The van der Waals surface area contributed by atoms with Gasteiger partial charge < -0.3 is 19.5 Å². The number of carbonyl (C=O) groups excluding carboxylic acids is 1. The van der Waals surface area contributed by atoms with E-state index in [4.69, 9.17) is 9.47 Å². The summed E-state index contributed by atoms with van der Waals surface area (Å²) >= 11 is 0. The van der Waals surface area contributed by atoms with Crippen LogP contribution in [-0.2, 0) is 24.6 Å². The monoisotopic (exact) mass is 495 g/mol. The quantitative estimate of drug-likeness (QED) is 0.262. The van der Waals surface area contributed by atoms with Crippen LogP contribution in [0.4, 0.5) is 0 Å². The summed E-state index contributed by atoms with van der Waals surface area (Å²) < 4.78 is 11.7. The molecular weight excluding hydrogens is 466 g/mol. The molecule has 4 rings (SSSR count). The van der Waals surface area contributed by atoms with Crippen LogP contribution >= 0.6 is 0 Å². The van der Waals surface area contributed by atoms with Gasteiger partial charge in [0, 0.05) is 18.7 Å². The number of carboxylic acids is 1. The minimum atomic E-state index is -0.956. The van der Waals surface area contributed by atoms with E-state index in [2.05, 4.69) is 0 Å². The van der Waals surface area contributed by atoms with Gasteiger partial charge in [-0.1, -0.05) is 72.8 Å².